The van der Waals surface area contributed by atoms with Crippen molar-refractivity contribution in [1.82, 2.24) is 15.0 Å². The van der Waals surface area contributed by atoms with Crippen molar-refractivity contribution in [3.63, 3.8) is 0 Å². The van der Waals surface area contributed by atoms with Crippen LogP contribution in [0, 0.1) is 0 Å². The second-order valence-corrected chi connectivity index (χ2v) is 6.27. The van der Waals surface area contributed by atoms with Crippen LogP contribution in [0.5, 0.6) is 0 Å². The Morgan fingerprint density at radius 3 is 2.86 bits per heavy atom. The van der Waals surface area contributed by atoms with Crippen LogP contribution in [0.1, 0.15) is 63.1 Å². The van der Waals surface area contributed by atoms with E-state index >= 15 is 0 Å². The van der Waals surface area contributed by atoms with Gasteiger partial charge in [-0.25, -0.2) is 0 Å². The van der Waals surface area contributed by atoms with Crippen LogP contribution in [-0.4, -0.2) is 46.7 Å². The summed E-state index contributed by atoms with van der Waals surface area (Å²) in [5, 5.41) is 4.02. The van der Waals surface area contributed by atoms with Crippen LogP contribution in [0.25, 0.3) is 0 Å². The Labute approximate surface area is 124 Å². The molecule has 0 aromatic carbocycles. The molecule has 1 aromatic heterocycles. The maximum absolute atomic E-state index is 12.4. The minimum atomic E-state index is -0.238. The predicted octanol–water partition coefficient (Wildman–Crippen LogP) is 2.08. The third-order valence-corrected chi connectivity index (χ3v) is 4.26. The molecule has 2 fully saturated rings. The number of carbonyl (C=O) groups is 1. The molecule has 0 radical (unpaired) electrons. The average molecular weight is 293 g/mol. The Morgan fingerprint density at radius 2 is 2.19 bits per heavy atom. The summed E-state index contributed by atoms with van der Waals surface area (Å²) in [7, 11) is 0. The molecule has 6 nitrogen and oxygen atoms in total. The maximum atomic E-state index is 12.4. The second-order valence-electron chi connectivity index (χ2n) is 6.27. The van der Waals surface area contributed by atoms with Crippen molar-refractivity contribution in [2.24, 2.45) is 0 Å². The number of hydrogen-bond acceptors (Lipinski definition) is 5. The number of likely N-dealkylation sites (tertiary alicyclic amines) is 1. The van der Waals surface area contributed by atoms with E-state index < -0.39 is 0 Å². The fourth-order valence-corrected chi connectivity index (χ4v) is 3.00. The third-order valence-electron chi connectivity index (χ3n) is 4.26. The first-order valence-electron chi connectivity index (χ1n) is 7.89. The summed E-state index contributed by atoms with van der Waals surface area (Å²) in [6.45, 7) is 6.26. The molecule has 1 amide bonds. The third kappa shape index (κ3) is 3.10. The molecule has 2 aliphatic heterocycles. The molecule has 3 heterocycles. The molecule has 0 N–H and O–H groups in total. The molecule has 0 bridgehead atoms. The van der Waals surface area contributed by atoms with Crippen molar-refractivity contribution in [1.29, 1.82) is 0 Å². The molecule has 2 saturated heterocycles. The summed E-state index contributed by atoms with van der Waals surface area (Å²) in [5.74, 6) is 1.96. The fraction of sp³-hybridized carbons (Fsp3) is 0.800. The Balaban J connectivity index is 1.65. The van der Waals surface area contributed by atoms with Crippen LogP contribution in [0.3, 0.4) is 0 Å². The van der Waals surface area contributed by atoms with E-state index in [0.717, 1.165) is 38.1 Å². The predicted molar refractivity (Wildman–Crippen MR) is 75.9 cm³/mol. The van der Waals surface area contributed by atoms with Gasteiger partial charge in [0, 0.05) is 25.6 Å². The van der Waals surface area contributed by atoms with Gasteiger partial charge >= 0.3 is 0 Å². The monoisotopic (exact) mass is 293 g/mol. The molecule has 6 heteroatoms. The van der Waals surface area contributed by atoms with Crippen molar-refractivity contribution in [3.8, 4) is 0 Å². The van der Waals surface area contributed by atoms with Gasteiger partial charge in [0.15, 0.2) is 5.82 Å². The molecule has 0 spiro atoms. The maximum Gasteiger partial charge on any atom is 0.251 e. The van der Waals surface area contributed by atoms with Gasteiger partial charge in [0.25, 0.3) is 5.91 Å². The van der Waals surface area contributed by atoms with Gasteiger partial charge in [0.2, 0.25) is 5.89 Å². The largest absolute Gasteiger partial charge is 0.368 e. The smallest absolute Gasteiger partial charge is 0.251 e. The average Bonchev–Trinajstić information content (AvgIpc) is 3.18. The zero-order valence-corrected chi connectivity index (χ0v) is 12.7. The van der Waals surface area contributed by atoms with E-state index in [-0.39, 0.29) is 23.8 Å². The highest BCUT2D eigenvalue weighted by atomic mass is 16.5. The lowest BCUT2D eigenvalue weighted by Crippen LogP contribution is -2.44. The minimum absolute atomic E-state index is 0.126. The van der Waals surface area contributed by atoms with E-state index in [1.54, 1.807) is 0 Å². The van der Waals surface area contributed by atoms with E-state index in [4.69, 9.17) is 9.26 Å². The molecule has 0 aliphatic carbocycles. The number of amides is 1. The number of ether oxygens (including phenoxy) is 1. The van der Waals surface area contributed by atoms with E-state index in [0.29, 0.717) is 19.0 Å². The molecule has 0 saturated carbocycles. The molecule has 0 unspecified atom stereocenters. The summed E-state index contributed by atoms with van der Waals surface area (Å²) in [4.78, 5) is 18.8. The number of rotatable bonds is 3. The molecule has 2 aliphatic rings. The van der Waals surface area contributed by atoms with Gasteiger partial charge in [0.05, 0.1) is 5.92 Å². The molecular formula is C15H23N3O3. The lowest BCUT2D eigenvalue weighted by molar-refractivity contribution is -0.142. The summed E-state index contributed by atoms with van der Waals surface area (Å²) in [6.07, 6.45) is 3.56. The van der Waals surface area contributed by atoms with E-state index in [1.807, 2.05) is 18.7 Å². The van der Waals surface area contributed by atoms with Gasteiger partial charge < -0.3 is 14.2 Å². The van der Waals surface area contributed by atoms with Gasteiger partial charge in [0.1, 0.15) is 6.10 Å². The van der Waals surface area contributed by atoms with Gasteiger partial charge in [-0.2, -0.15) is 4.98 Å². The first-order chi connectivity index (χ1) is 10.1. The Kier molecular flexibility index (Phi) is 4.24. The first kappa shape index (κ1) is 14.5. The summed E-state index contributed by atoms with van der Waals surface area (Å²) in [6, 6.07) is 0. The zero-order chi connectivity index (χ0) is 14.8. The molecule has 1 aromatic rings. The summed E-state index contributed by atoms with van der Waals surface area (Å²) < 4.78 is 10.9. The number of piperidine rings is 1. The first-order valence-corrected chi connectivity index (χ1v) is 7.89. The van der Waals surface area contributed by atoms with Crippen LogP contribution in [0.4, 0.5) is 0 Å². The Bertz CT molecular complexity index is 494. The molecular weight excluding hydrogens is 270 g/mol. The highest BCUT2D eigenvalue weighted by molar-refractivity contribution is 5.81. The van der Waals surface area contributed by atoms with Crippen LogP contribution in [0.2, 0.25) is 0 Å². The Morgan fingerprint density at radius 1 is 1.33 bits per heavy atom. The Hall–Kier alpha value is -1.43. The summed E-state index contributed by atoms with van der Waals surface area (Å²) >= 11 is 0. The van der Waals surface area contributed by atoms with Gasteiger partial charge in [-0.3, -0.25) is 4.79 Å². The second kappa shape index (κ2) is 6.13. The van der Waals surface area contributed by atoms with Crippen molar-refractivity contribution >= 4 is 5.91 Å². The van der Waals surface area contributed by atoms with Crippen LogP contribution < -0.4 is 0 Å². The minimum Gasteiger partial charge on any atom is -0.368 e. The van der Waals surface area contributed by atoms with Crippen molar-refractivity contribution < 1.29 is 14.1 Å². The standard InChI is InChI=1S/C15H23N3O3/c1-10(2)13-16-14(21-17-13)11-5-3-7-18(9-11)15(19)12-6-4-8-20-12/h10-12H,3-9H2,1-2H3/t11-,12+/m0/s1. The van der Waals surface area contributed by atoms with Crippen LogP contribution in [0.15, 0.2) is 4.52 Å². The van der Waals surface area contributed by atoms with Crippen molar-refractivity contribution in [2.75, 3.05) is 19.7 Å². The number of hydrogen-bond donors (Lipinski definition) is 0. The number of carbonyl (C=O) groups excluding carboxylic acids is 1. The lowest BCUT2D eigenvalue weighted by atomic mass is 9.97. The quantitative estimate of drug-likeness (QED) is 0.853. The van der Waals surface area contributed by atoms with E-state index in [9.17, 15) is 4.79 Å². The number of aromatic nitrogens is 2. The van der Waals surface area contributed by atoms with Gasteiger partial charge in [-0.1, -0.05) is 19.0 Å². The topological polar surface area (TPSA) is 68.5 Å². The van der Waals surface area contributed by atoms with E-state index in [1.165, 1.54) is 0 Å². The van der Waals surface area contributed by atoms with Crippen molar-refractivity contribution in [2.45, 2.75) is 57.5 Å². The van der Waals surface area contributed by atoms with Crippen LogP contribution >= 0.6 is 0 Å². The summed E-state index contributed by atoms with van der Waals surface area (Å²) in [5.41, 5.74) is 0. The van der Waals surface area contributed by atoms with Gasteiger partial charge in [-0.05, 0) is 25.7 Å². The molecule has 3 rings (SSSR count). The highest BCUT2D eigenvalue weighted by Crippen LogP contribution is 2.28. The lowest BCUT2D eigenvalue weighted by Gasteiger charge is -2.32. The fourth-order valence-electron chi connectivity index (χ4n) is 3.00. The molecule has 21 heavy (non-hydrogen) atoms. The van der Waals surface area contributed by atoms with Crippen LogP contribution in [-0.2, 0) is 9.53 Å². The van der Waals surface area contributed by atoms with Gasteiger partial charge in [-0.15, -0.1) is 0 Å². The highest BCUT2D eigenvalue weighted by Gasteiger charge is 2.33. The SMILES string of the molecule is CC(C)c1noc([C@H]2CCCN(C(=O)[C@H]3CCCO3)C2)n1. The number of nitrogens with zero attached hydrogens (tertiary/aromatic N) is 3. The normalized spacial score (nSPS) is 26.5. The van der Waals surface area contributed by atoms with E-state index in [2.05, 4.69) is 10.1 Å². The van der Waals surface area contributed by atoms with Crippen molar-refractivity contribution in [3.05, 3.63) is 11.7 Å². The molecule has 2 atom stereocenters. The molecule has 116 valence electrons. The zero-order valence-electron chi connectivity index (χ0n) is 12.7.